The van der Waals surface area contributed by atoms with E-state index in [1.54, 1.807) is 0 Å². The number of aromatic nitrogens is 6. The first-order valence-corrected chi connectivity index (χ1v) is 13.4. The minimum Gasteiger partial charge on any atom is -0.481 e. The maximum absolute atomic E-state index is 12.9. The topological polar surface area (TPSA) is 251 Å². The Kier molecular flexibility index (Phi) is 6.53. The van der Waals surface area contributed by atoms with E-state index in [9.17, 15) is 34.6 Å². The van der Waals surface area contributed by atoms with Crippen molar-refractivity contribution in [3.63, 3.8) is 0 Å². The van der Waals surface area contributed by atoms with Gasteiger partial charge < -0.3 is 31.4 Å². The number of amides is 2. The number of aliphatic carboxylic acids is 1. The van der Waals surface area contributed by atoms with Gasteiger partial charge >= 0.3 is 11.9 Å². The predicted molar refractivity (Wildman–Crippen MR) is 131 cm³/mol. The highest BCUT2D eigenvalue weighted by Gasteiger charge is 2.57. The molecule has 2 saturated heterocycles. The van der Waals surface area contributed by atoms with Crippen LogP contribution in [0.25, 0.3) is 5.65 Å². The van der Waals surface area contributed by atoms with E-state index >= 15 is 0 Å². The van der Waals surface area contributed by atoms with E-state index in [0.29, 0.717) is 0 Å². The quantitative estimate of drug-likeness (QED) is 0.0682. The zero-order valence-corrected chi connectivity index (χ0v) is 21.2. The molecule has 198 valence electrons. The van der Waals surface area contributed by atoms with Crippen molar-refractivity contribution in [1.82, 2.24) is 40.5 Å². The van der Waals surface area contributed by atoms with Crippen molar-refractivity contribution in [2.75, 3.05) is 23.8 Å². The Bertz CT molecular complexity index is 1510. The van der Waals surface area contributed by atoms with E-state index in [-0.39, 0.29) is 45.1 Å². The van der Waals surface area contributed by atoms with Crippen molar-refractivity contribution in [2.45, 2.75) is 16.4 Å². The van der Waals surface area contributed by atoms with E-state index in [1.807, 2.05) is 0 Å². The summed E-state index contributed by atoms with van der Waals surface area (Å²) in [6.07, 6.45) is 0. The van der Waals surface area contributed by atoms with Crippen LogP contribution in [0.4, 0.5) is 5.13 Å². The molecule has 6 N–H and O–H groups in total. The smallest absolute Gasteiger partial charge is 0.339 e. The second-order valence-electron chi connectivity index (χ2n) is 8.21. The maximum atomic E-state index is 12.9. The zero-order chi connectivity index (χ0) is 27.2. The summed E-state index contributed by atoms with van der Waals surface area (Å²) in [6, 6.07) is 0.297. The first-order valence-electron chi connectivity index (χ1n) is 10.5. The Balaban J connectivity index is 1.27. The first kappa shape index (κ1) is 25.6. The summed E-state index contributed by atoms with van der Waals surface area (Å²) in [5, 5.41) is 50.2. The van der Waals surface area contributed by atoms with Crippen molar-refractivity contribution in [3.05, 3.63) is 22.7 Å². The van der Waals surface area contributed by atoms with Crippen LogP contribution in [0.5, 0.6) is 0 Å². The summed E-state index contributed by atoms with van der Waals surface area (Å²) >= 11 is 3.22. The molecule has 0 aliphatic carbocycles. The van der Waals surface area contributed by atoms with Gasteiger partial charge in [0.15, 0.2) is 10.8 Å². The molecule has 3 atom stereocenters. The lowest BCUT2D eigenvalue weighted by Gasteiger charge is -2.53. The van der Waals surface area contributed by atoms with Gasteiger partial charge in [0, 0.05) is 23.4 Å². The second-order valence-corrected chi connectivity index (χ2v) is 11.2. The molecule has 0 radical (unpaired) electrons. The summed E-state index contributed by atoms with van der Waals surface area (Å²) in [4.78, 5) is 54.6. The van der Waals surface area contributed by atoms with Gasteiger partial charge in [0.25, 0.3) is 5.91 Å². The lowest BCUT2D eigenvalue weighted by Crippen LogP contribution is -2.74. The van der Waals surface area contributed by atoms with Gasteiger partial charge in [0.05, 0.1) is 0 Å². The normalized spacial score (nSPS) is 23.1. The molecule has 2 aliphatic heterocycles. The third-order valence-corrected chi connectivity index (χ3v) is 9.30. The highest BCUT2D eigenvalue weighted by Crippen LogP contribution is 2.44. The zero-order valence-electron chi connectivity index (χ0n) is 18.8. The number of carbonyl (C=O) groups excluding carboxylic acids is 2. The van der Waals surface area contributed by atoms with E-state index in [1.165, 1.54) is 28.1 Å². The lowest BCUT2D eigenvalue weighted by atomic mass is 9.89. The molecule has 2 aliphatic rings. The Morgan fingerprint density at radius 3 is 2.79 bits per heavy atom. The van der Waals surface area contributed by atoms with Crippen molar-refractivity contribution >= 4 is 75.1 Å². The molecule has 2 unspecified atom stereocenters. The number of rotatable bonds is 8. The Labute approximate surface area is 223 Å². The second kappa shape index (κ2) is 9.68. The van der Waals surface area contributed by atoms with Crippen molar-refractivity contribution in [1.29, 1.82) is 0 Å². The number of fused-ring (bicyclic) bond motifs is 2. The molecule has 0 saturated carbocycles. The number of nitrogens with two attached hydrogens (primary N) is 1. The number of carbonyl (C=O) groups is 4. The molecule has 5 rings (SSSR count). The standard InChI is InChI=1S/C18H16N10O7S3/c19-17-20-7(2-36-17)9(24-35)12(29)21-10-13(30)27-3-18(16(33)34,5-38-14(10)27)4-37-8-1-6(15(31)32)11-22-25-26-28(11)23-8/h1-2,10,14,35H,3-5H2,(H2,19,20)(H,21,29)(H,31,32)(H,33,34)/t10?,14-,18?/m1/s1. The summed E-state index contributed by atoms with van der Waals surface area (Å²) in [5.41, 5.74) is 3.56. The number of thioether (sulfide) groups is 2. The molecule has 2 fully saturated rings. The van der Waals surface area contributed by atoms with Gasteiger partial charge in [0.1, 0.15) is 33.1 Å². The van der Waals surface area contributed by atoms with E-state index in [2.05, 4.69) is 36.1 Å². The van der Waals surface area contributed by atoms with Crippen molar-refractivity contribution in [3.8, 4) is 0 Å². The van der Waals surface area contributed by atoms with Crippen LogP contribution in [-0.4, -0.2) is 109 Å². The number of aromatic carboxylic acids is 1. The van der Waals surface area contributed by atoms with Crippen LogP contribution >= 0.6 is 34.9 Å². The van der Waals surface area contributed by atoms with Gasteiger partial charge in [-0.05, 0) is 16.5 Å². The fraction of sp³-hybridized carbons (Fsp3) is 0.333. The van der Waals surface area contributed by atoms with Crippen LogP contribution in [0.3, 0.4) is 0 Å². The summed E-state index contributed by atoms with van der Waals surface area (Å²) in [6.45, 7) is -0.138. The number of nitrogens with zero attached hydrogens (tertiary/aromatic N) is 8. The Morgan fingerprint density at radius 2 is 2.13 bits per heavy atom. The number of oxime groups is 1. The average molecular weight is 581 g/mol. The number of β-lactam (4-membered cyclic amide) rings is 1. The molecule has 0 aromatic carbocycles. The number of thiazole rings is 1. The fourth-order valence-electron chi connectivity index (χ4n) is 3.89. The third-order valence-electron chi connectivity index (χ3n) is 5.85. The number of nitrogens with one attached hydrogen (secondary N) is 1. The monoisotopic (exact) mass is 580 g/mol. The van der Waals surface area contributed by atoms with Gasteiger partial charge in [-0.3, -0.25) is 14.4 Å². The van der Waals surface area contributed by atoms with E-state index in [0.717, 1.165) is 27.7 Å². The van der Waals surface area contributed by atoms with Gasteiger partial charge in [-0.2, -0.15) is 0 Å². The largest absolute Gasteiger partial charge is 0.481 e. The van der Waals surface area contributed by atoms with Crippen LogP contribution in [0.1, 0.15) is 16.1 Å². The number of tetrazole rings is 1. The minimum absolute atomic E-state index is 0.0326. The number of carboxylic acid groups (broad SMARTS) is 2. The van der Waals surface area contributed by atoms with Crippen LogP contribution in [0.2, 0.25) is 0 Å². The molecule has 5 heterocycles. The molecule has 3 aromatic rings. The van der Waals surface area contributed by atoms with Gasteiger partial charge in [0.2, 0.25) is 11.6 Å². The SMILES string of the molecule is Nc1nc(C(=NO)C(=O)NC2C(=O)N3CC(CSc4cc(C(=O)O)c5nnnn5n4)(C(=O)O)CS[C@H]23)cs1. The number of nitrogen functional groups attached to an aromatic ring is 1. The minimum atomic E-state index is -1.38. The number of anilines is 1. The summed E-state index contributed by atoms with van der Waals surface area (Å²) < 4.78 is 0.945. The molecular weight excluding hydrogens is 564 g/mol. The fourth-order valence-corrected chi connectivity index (χ4v) is 7.18. The molecule has 17 nitrogen and oxygen atoms in total. The first-order chi connectivity index (χ1) is 18.1. The van der Waals surface area contributed by atoms with Crippen LogP contribution < -0.4 is 11.1 Å². The highest BCUT2D eigenvalue weighted by molar-refractivity contribution is 8.00. The molecule has 0 spiro atoms. The van der Waals surface area contributed by atoms with Crippen molar-refractivity contribution in [2.24, 2.45) is 10.6 Å². The van der Waals surface area contributed by atoms with Gasteiger partial charge in [-0.25, -0.2) is 9.78 Å². The van der Waals surface area contributed by atoms with E-state index < -0.39 is 46.3 Å². The third kappa shape index (κ3) is 4.35. The molecule has 20 heteroatoms. The molecule has 0 bridgehead atoms. The molecular formula is C18H16N10O7S3. The molecule has 3 aromatic heterocycles. The summed E-state index contributed by atoms with van der Waals surface area (Å²) in [7, 11) is 0. The molecule has 38 heavy (non-hydrogen) atoms. The van der Waals surface area contributed by atoms with Crippen LogP contribution in [0, 0.1) is 5.41 Å². The van der Waals surface area contributed by atoms with Gasteiger partial charge in [-0.1, -0.05) is 5.16 Å². The number of hydrogen-bond donors (Lipinski definition) is 5. The van der Waals surface area contributed by atoms with Gasteiger partial charge in [-0.15, -0.1) is 49.7 Å². The predicted octanol–water partition coefficient (Wildman–Crippen LogP) is -1.30. The van der Waals surface area contributed by atoms with E-state index in [4.69, 9.17) is 5.73 Å². The van der Waals surface area contributed by atoms with Crippen LogP contribution in [0.15, 0.2) is 21.6 Å². The number of hydrogen-bond acceptors (Lipinski definition) is 15. The number of carboxylic acids is 2. The Hall–Kier alpha value is -4.04. The maximum Gasteiger partial charge on any atom is 0.339 e. The van der Waals surface area contributed by atoms with Crippen molar-refractivity contribution < 1.29 is 34.6 Å². The molecule has 2 amide bonds. The highest BCUT2D eigenvalue weighted by atomic mass is 32.2. The average Bonchev–Trinajstić information content (AvgIpc) is 3.54. The van der Waals surface area contributed by atoms with Crippen LogP contribution in [-0.2, 0) is 14.4 Å². The Morgan fingerprint density at radius 1 is 1.34 bits per heavy atom. The lowest BCUT2D eigenvalue weighted by molar-refractivity contribution is -0.157. The summed E-state index contributed by atoms with van der Waals surface area (Å²) in [5.74, 6) is -3.68.